The molecule has 0 atom stereocenters. The van der Waals surface area contributed by atoms with E-state index in [0.717, 1.165) is 12.5 Å². The molecule has 1 aliphatic rings. The topological polar surface area (TPSA) is 29.1 Å². The van der Waals surface area contributed by atoms with Crippen molar-refractivity contribution in [1.82, 2.24) is 5.32 Å². The predicted octanol–water partition coefficient (Wildman–Crippen LogP) is 2.80. The number of amides is 1. The second kappa shape index (κ2) is 4.32. The van der Waals surface area contributed by atoms with Gasteiger partial charge in [0.25, 0.3) is 0 Å². The van der Waals surface area contributed by atoms with Gasteiger partial charge in [0, 0.05) is 12.4 Å². The Morgan fingerprint density at radius 1 is 1.33 bits per heavy atom. The first-order chi connectivity index (χ1) is 6.79. The Bertz CT molecular complexity index is 244. The van der Waals surface area contributed by atoms with Gasteiger partial charge in [-0.1, -0.05) is 13.8 Å². The van der Waals surface area contributed by atoms with Crippen LogP contribution in [-0.2, 0) is 4.79 Å². The van der Waals surface area contributed by atoms with Gasteiger partial charge in [0.2, 0.25) is 5.91 Å². The lowest BCUT2D eigenvalue weighted by atomic mass is 9.86. The molecule has 1 rings (SSSR count). The monoisotopic (exact) mass is 231 g/mol. The Balaban J connectivity index is 2.39. The molecular weight excluding hydrogens is 210 g/mol. The van der Waals surface area contributed by atoms with Crippen LogP contribution in [0.1, 0.15) is 40.5 Å². The number of halogens is 1. The molecule has 1 fully saturated rings. The van der Waals surface area contributed by atoms with Crippen LogP contribution in [0.4, 0.5) is 0 Å². The molecule has 0 aliphatic heterocycles. The smallest absolute Gasteiger partial charge is 0.226 e. The van der Waals surface area contributed by atoms with Gasteiger partial charge in [-0.25, -0.2) is 0 Å². The summed E-state index contributed by atoms with van der Waals surface area (Å²) in [6.07, 6.45) is 2.61. The van der Waals surface area contributed by atoms with E-state index in [4.69, 9.17) is 11.6 Å². The Kier molecular flexibility index (Phi) is 3.70. The maximum atomic E-state index is 11.8. The van der Waals surface area contributed by atoms with Gasteiger partial charge in [-0.3, -0.25) is 4.79 Å². The Hall–Kier alpha value is -0.240. The average molecular weight is 232 g/mol. The van der Waals surface area contributed by atoms with E-state index in [9.17, 15) is 4.79 Å². The van der Waals surface area contributed by atoms with Crippen molar-refractivity contribution >= 4 is 17.5 Å². The van der Waals surface area contributed by atoms with E-state index in [1.54, 1.807) is 0 Å². The van der Waals surface area contributed by atoms with Crippen LogP contribution in [0.5, 0.6) is 0 Å². The summed E-state index contributed by atoms with van der Waals surface area (Å²) in [7, 11) is 0. The van der Waals surface area contributed by atoms with E-state index in [0.29, 0.717) is 5.88 Å². The maximum absolute atomic E-state index is 11.8. The third kappa shape index (κ3) is 3.37. The highest BCUT2D eigenvalue weighted by Gasteiger charge is 2.38. The third-order valence-electron chi connectivity index (χ3n) is 3.34. The lowest BCUT2D eigenvalue weighted by molar-refractivity contribution is -0.128. The standard InChI is InChI=1S/C12H22ClNO/c1-11(2,7-13)10(15)14-8-12(3,4)9-5-6-9/h9H,5-8H2,1-4H3,(H,14,15). The average Bonchev–Trinajstić information content (AvgIpc) is 2.97. The van der Waals surface area contributed by atoms with Crippen molar-refractivity contribution in [2.45, 2.75) is 40.5 Å². The van der Waals surface area contributed by atoms with Crippen LogP contribution in [0, 0.1) is 16.7 Å². The van der Waals surface area contributed by atoms with E-state index < -0.39 is 5.41 Å². The zero-order valence-electron chi connectivity index (χ0n) is 10.2. The molecule has 2 nitrogen and oxygen atoms in total. The molecule has 0 aromatic rings. The molecule has 1 aliphatic carbocycles. The molecule has 0 aromatic heterocycles. The van der Waals surface area contributed by atoms with E-state index in [2.05, 4.69) is 19.2 Å². The fraction of sp³-hybridized carbons (Fsp3) is 0.917. The van der Waals surface area contributed by atoms with Crippen LogP contribution in [0.15, 0.2) is 0 Å². The maximum Gasteiger partial charge on any atom is 0.226 e. The van der Waals surface area contributed by atoms with E-state index >= 15 is 0 Å². The highest BCUT2D eigenvalue weighted by atomic mass is 35.5. The van der Waals surface area contributed by atoms with Gasteiger partial charge in [0.15, 0.2) is 0 Å². The van der Waals surface area contributed by atoms with Crippen LogP contribution in [0.3, 0.4) is 0 Å². The fourth-order valence-corrected chi connectivity index (χ4v) is 1.74. The van der Waals surface area contributed by atoms with Crippen molar-refractivity contribution < 1.29 is 4.79 Å². The van der Waals surface area contributed by atoms with Crippen molar-refractivity contribution in [2.75, 3.05) is 12.4 Å². The van der Waals surface area contributed by atoms with E-state index in [1.807, 2.05) is 13.8 Å². The summed E-state index contributed by atoms with van der Waals surface area (Å²) in [6.45, 7) is 8.95. The largest absolute Gasteiger partial charge is 0.355 e. The van der Waals surface area contributed by atoms with Crippen molar-refractivity contribution in [2.24, 2.45) is 16.7 Å². The minimum atomic E-state index is -0.457. The highest BCUT2D eigenvalue weighted by Crippen LogP contribution is 2.44. The number of rotatable bonds is 5. The minimum absolute atomic E-state index is 0.0613. The molecule has 0 spiro atoms. The number of hydrogen-bond acceptors (Lipinski definition) is 1. The van der Waals surface area contributed by atoms with E-state index in [1.165, 1.54) is 12.8 Å². The minimum Gasteiger partial charge on any atom is -0.355 e. The number of alkyl halides is 1. The van der Waals surface area contributed by atoms with Crippen molar-refractivity contribution in [3.63, 3.8) is 0 Å². The van der Waals surface area contributed by atoms with Gasteiger partial charge >= 0.3 is 0 Å². The first-order valence-electron chi connectivity index (χ1n) is 5.64. The summed E-state index contributed by atoms with van der Waals surface area (Å²) in [5, 5.41) is 3.01. The van der Waals surface area contributed by atoms with Crippen LogP contribution in [0.25, 0.3) is 0 Å². The normalized spacial score (nSPS) is 17.7. The number of carbonyl (C=O) groups excluding carboxylic acids is 1. The Morgan fingerprint density at radius 3 is 2.27 bits per heavy atom. The van der Waals surface area contributed by atoms with Gasteiger partial charge in [-0.15, -0.1) is 11.6 Å². The second-order valence-corrected chi connectivity index (χ2v) is 6.23. The lowest BCUT2D eigenvalue weighted by Crippen LogP contribution is -2.43. The molecule has 0 bridgehead atoms. The van der Waals surface area contributed by atoms with Gasteiger partial charge in [0.05, 0.1) is 5.41 Å². The molecular formula is C12H22ClNO. The summed E-state index contributed by atoms with van der Waals surface area (Å²) in [5.74, 6) is 1.21. The van der Waals surface area contributed by atoms with Crippen LogP contribution in [-0.4, -0.2) is 18.3 Å². The first-order valence-corrected chi connectivity index (χ1v) is 6.17. The molecule has 1 amide bonds. The number of hydrogen-bond donors (Lipinski definition) is 1. The third-order valence-corrected chi connectivity index (χ3v) is 4.00. The van der Waals surface area contributed by atoms with Crippen LogP contribution in [0.2, 0.25) is 0 Å². The molecule has 15 heavy (non-hydrogen) atoms. The van der Waals surface area contributed by atoms with Gasteiger partial charge in [-0.2, -0.15) is 0 Å². The SMILES string of the molecule is CC(C)(CCl)C(=O)NCC(C)(C)C1CC1. The first kappa shape index (κ1) is 12.8. The Labute approximate surface area is 97.8 Å². The number of nitrogens with one attached hydrogen (secondary N) is 1. The fourth-order valence-electron chi connectivity index (χ4n) is 1.62. The molecule has 0 aromatic carbocycles. The number of carbonyl (C=O) groups is 1. The molecule has 0 unspecified atom stereocenters. The molecule has 0 saturated heterocycles. The molecule has 3 heteroatoms. The lowest BCUT2D eigenvalue weighted by Gasteiger charge is -2.28. The molecule has 1 saturated carbocycles. The summed E-state index contributed by atoms with van der Waals surface area (Å²) < 4.78 is 0. The quantitative estimate of drug-likeness (QED) is 0.725. The summed E-state index contributed by atoms with van der Waals surface area (Å²) in [5.41, 5.74) is -0.223. The van der Waals surface area contributed by atoms with Crippen LogP contribution >= 0.6 is 11.6 Å². The second-order valence-electron chi connectivity index (χ2n) is 5.96. The zero-order chi connectivity index (χ0) is 11.7. The van der Waals surface area contributed by atoms with Gasteiger partial charge in [-0.05, 0) is 38.0 Å². The predicted molar refractivity (Wildman–Crippen MR) is 64.0 cm³/mol. The van der Waals surface area contributed by atoms with Crippen molar-refractivity contribution in [3.8, 4) is 0 Å². The summed E-state index contributed by atoms with van der Waals surface area (Å²) in [4.78, 5) is 11.8. The van der Waals surface area contributed by atoms with Crippen molar-refractivity contribution in [1.29, 1.82) is 0 Å². The molecule has 1 N–H and O–H groups in total. The van der Waals surface area contributed by atoms with Crippen molar-refractivity contribution in [3.05, 3.63) is 0 Å². The summed E-state index contributed by atoms with van der Waals surface area (Å²) >= 11 is 5.75. The zero-order valence-corrected chi connectivity index (χ0v) is 10.9. The van der Waals surface area contributed by atoms with E-state index in [-0.39, 0.29) is 11.3 Å². The van der Waals surface area contributed by atoms with Gasteiger partial charge in [0.1, 0.15) is 0 Å². The summed E-state index contributed by atoms with van der Waals surface area (Å²) in [6, 6.07) is 0. The molecule has 0 radical (unpaired) electrons. The highest BCUT2D eigenvalue weighted by molar-refractivity contribution is 6.19. The van der Waals surface area contributed by atoms with Crippen LogP contribution < -0.4 is 5.32 Å². The molecule has 88 valence electrons. The molecule has 0 heterocycles. The Morgan fingerprint density at radius 2 is 1.87 bits per heavy atom. The van der Waals surface area contributed by atoms with Gasteiger partial charge < -0.3 is 5.32 Å².